The lowest BCUT2D eigenvalue weighted by Crippen LogP contribution is -2.05. The molecule has 0 spiro atoms. The molecule has 132 valence electrons. The van der Waals surface area contributed by atoms with E-state index in [4.69, 9.17) is 9.47 Å². The topological polar surface area (TPSA) is 66.2 Å². The van der Waals surface area contributed by atoms with E-state index in [9.17, 15) is 4.79 Å². The first-order valence-electron chi connectivity index (χ1n) is 8.65. The van der Waals surface area contributed by atoms with Gasteiger partial charge >= 0.3 is 5.97 Å². The van der Waals surface area contributed by atoms with Crippen molar-refractivity contribution < 1.29 is 14.3 Å². The van der Waals surface area contributed by atoms with Gasteiger partial charge in [0.05, 0.1) is 19.3 Å². The summed E-state index contributed by atoms with van der Waals surface area (Å²) in [4.78, 5) is 11.6. The second kappa shape index (κ2) is 7.07. The Labute approximate surface area is 150 Å². The van der Waals surface area contributed by atoms with Crippen molar-refractivity contribution in [2.75, 3.05) is 19.5 Å². The van der Waals surface area contributed by atoms with Gasteiger partial charge in [-0.15, -0.1) is 10.2 Å². The number of hydrogen-bond acceptors (Lipinski definition) is 6. The van der Waals surface area contributed by atoms with E-state index < -0.39 is 0 Å². The van der Waals surface area contributed by atoms with Crippen molar-refractivity contribution in [3.05, 3.63) is 35.7 Å². The highest BCUT2D eigenvalue weighted by molar-refractivity contribution is 7.99. The zero-order chi connectivity index (χ0) is 17.2. The predicted molar refractivity (Wildman–Crippen MR) is 94.3 cm³/mol. The van der Waals surface area contributed by atoms with Crippen LogP contribution < -0.4 is 4.74 Å². The van der Waals surface area contributed by atoms with Gasteiger partial charge in [-0.3, -0.25) is 0 Å². The number of carbonyl (C=O) groups is 1. The molecule has 0 amide bonds. The quantitative estimate of drug-likeness (QED) is 0.409. The number of benzene rings is 1. The third-order valence-electron chi connectivity index (χ3n) is 4.38. The Morgan fingerprint density at radius 3 is 2.84 bits per heavy atom. The van der Waals surface area contributed by atoms with Gasteiger partial charge in [0.1, 0.15) is 11.6 Å². The number of aromatic nitrogens is 3. The second-order valence-corrected chi connectivity index (χ2v) is 7.49. The van der Waals surface area contributed by atoms with Crippen molar-refractivity contribution >= 4 is 17.7 Å². The van der Waals surface area contributed by atoms with Gasteiger partial charge in [-0.05, 0) is 43.9 Å². The maximum Gasteiger partial charge on any atom is 0.337 e. The standard InChI is InChI=1S/C18H21N3O3S/c1-23-17(22)13-3-2-4-15(11-13)24-9-10-25-18-20-19-16(12-5-6-12)21(18)14-7-8-14/h2-4,11-12,14H,5-10H2,1H3. The first kappa shape index (κ1) is 16.4. The minimum atomic E-state index is -0.357. The molecular weight excluding hydrogens is 338 g/mol. The first-order valence-corrected chi connectivity index (χ1v) is 9.63. The average Bonchev–Trinajstić information content (AvgIpc) is 3.57. The van der Waals surface area contributed by atoms with Gasteiger partial charge in [-0.2, -0.15) is 0 Å². The van der Waals surface area contributed by atoms with Crippen LogP contribution >= 0.6 is 11.8 Å². The Morgan fingerprint density at radius 2 is 2.12 bits per heavy atom. The lowest BCUT2D eigenvalue weighted by molar-refractivity contribution is 0.0600. The highest BCUT2D eigenvalue weighted by atomic mass is 32.2. The molecule has 2 fully saturated rings. The molecule has 6 nitrogen and oxygen atoms in total. The summed E-state index contributed by atoms with van der Waals surface area (Å²) in [5.74, 6) is 2.91. The molecule has 4 rings (SSSR count). The van der Waals surface area contributed by atoms with Crippen LogP contribution in [0.5, 0.6) is 5.75 Å². The molecule has 0 N–H and O–H groups in total. The van der Waals surface area contributed by atoms with Crippen molar-refractivity contribution in [2.45, 2.75) is 42.8 Å². The summed E-state index contributed by atoms with van der Waals surface area (Å²) in [7, 11) is 1.37. The number of carbonyl (C=O) groups excluding carboxylic acids is 1. The van der Waals surface area contributed by atoms with E-state index >= 15 is 0 Å². The van der Waals surface area contributed by atoms with Crippen LogP contribution in [0.25, 0.3) is 0 Å². The molecule has 1 aromatic heterocycles. The smallest absolute Gasteiger partial charge is 0.337 e. The fraction of sp³-hybridized carbons (Fsp3) is 0.500. The van der Waals surface area contributed by atoms with E-state index in [0.29, 0.717) is 29.9 Å². The first-order chi connectivity index (χ1) is 12.3. The number of esters is 1. The zero-order valence-electron chi connectivity index (χ0n) is 14.2. The fourth-order valence-electron chi connectivity index (χ4n) is 2.81. The molecule has 0 radical (unpaired) electrons. The van der Waals surface area contributed by atoms with Gasteiger partial charge in [0.2, 0.25) is 0 Å². The molecule has 1 heterocycles. The van der Waals surface area contributed by atoms with Crippen molar-refractivity contribution in [3.63, 3.8) is 0 Å². The zero-order valence-corrected chi connectivity index (χ0v) is 15.0. The lowest BCUT2D eigenvalue weighted by atomic mass is 10.2. The van der Waals surface area contributed by atoms with Crippen LogP contribution in [-0.2, 0) is 4.74 Å². The molecule has 0 bridgehead atoms. The Balaban J connectivity index is 1.32. The predicted octanol–water partition coefficient (Wildman–Crippen LogP) is 3.45. The SMILES string of the molecule is COC(=O)c1cccc(OCCSc2nnc(C3CC3)n2C2CC2)c1. The Morgan fingerprint density at radius 1 is 1.28 bits per heavy atom. The summed E-state index contributed by atoms with van der Waals surface area (Å²) in [5, 5.41) is 9.82. The van der Waals surface area contributed by atoms with Crippen LogP contribution in [-0.4, -0.2) is 40.2 Å². The molecular formula is C18H21N3O3S. The number of rotatable bonds is 8. The highest BCUT2D eigenvalue weighted by Crippen LogP contribution is 2.45. The van der Waals surface area contributed by atoms with Crippen molar-refractivity contribution in [1.29, 1.82) is 0 Å². The summed E-state index contributed by atoms with van der Waals surface area (Å²) < 4.78 is 12.8. The minimum absolute atomic E-state index is 0.357. The summed E-state index contributed by atoms with van der Waals surface area (Å²) >= 11 is 1.69. The van der Waals surface area contributed by atoms with Gasteiger partial charge in [-0.1, -0.05) is 17.8 Å². The molecule has 2 aliphatic rings. The Bertz CT molecular complexity index is 769. The van der Waals surface area contributed by atoms with Gasteiger partial charge in [0.15, 0.2) is 5.16 Å². The molecule has 2 aromatic rings. The highest BCUT2D eigenvalue weighted by Gasteiger charge is 2.36. The Hall–Kier alpha value is -2.02. The fourth-order valence-corrected chi connectivity index (χ4v) is 3.64. The number of nitrogens with zero attached hydrogens (tertiary/aromatic N) is 3. The van der Waals surface area contributed by atoms with E-state index in [1.165, 1.54) is 38.6 Å². The maximum atomic E-state index is 11.6. The monoisotopic (exact) mass is 359 g/mol. The summed E-state index contributed by atoms with van der Waals surface area (Å²) in [6.07, 6.45) is 4.97. The summed E-state index contributed by atoms with van der Waals surface area (Å²) in [6.45, 7) is 0.547. The maximum absolute atomic E-state index is 11.6. The van der Waals surface area contributed by atoms with Crippen molar-refractivity contribution in [1.82, 2.24) is 14.8 Å². The van der Waals surface area contributed by atoms with E-state index in [-0.39, 0.29) is 5.97 Å². The second-order valence-electron chi connectivity index (χ2n) is 6.43. The van der Waals surface area contributed by atoms with Gasteiger partial charge in [0.25, 0.3) is 0 Å². The molecule has 7 heteroatoms. The normalized spacial score (nSPS) is 16.7. The molecule has 0 unspecified atom stereocenters. The Kier molecular flexibility index (Phi) is 4.65. The summed E-state index contributed by atoms with van der Waals surface area (Å²) in [6, 6.07) is 7.65. The van der Waals surface area contributed by atoms with Crippen LogP contribution in [0.4, 0.5) is 0 Å². The third-order valence-corrected chi connectivity index (χ3v) is 5.29. The van der Waals surface area contributed by atoms with Crippen LogP contribution in [0.15, 0.2) is 29.4 Å². The number of methoxy groups -OCH3 is 1. The van der Waals surface area contributed by atoms with Crippen LogP contribution in [0.2, 0.25) is 0 Å². The minimum Gasteiger partial charge on any atom is -0.493 e. The molecule has 0 saturated heterocycles. The molecule has 2 saturated carbocycles. The number of thioether (sulfide) groups is 1. The van der Waals surface area contributed by atoms with Gasteiger partial charge < -0.3 is 14.0 Å². The van der Waals surface area contributed by atoms with E-state index in [1.807, 2.05) is 6.07 Å². The molecule has 0 aliphatic heterocycles. The van der Waals surface area contributed by atoms with E-state index in [0.717, 1.165) is 10.9 Å². The largest absolute Gasteiger partial charge is 0.493 e. The lowest BCUT2D eigenvalue weighted by Gasteiger charge is -2.09. The summed E-state index contributed by atoms with van der Waals surface area (Å²) in [5.41, 5.74) is 0.496. The van der Waals surface area contributed by atoms with Gasteiger partial charge in [-0.25, -0.2) is 4.79 Å². The van der Waals surface area contributed by atoms with Crippen molar-refractivity contribution in [3.8, 4) is 5.75 Å². The van der Waals surface area contributed by atoms with Crippen LogP contribution in [0.3, 0.4) is 0 Å². The van der Waals surface area contributed by atoms with Crippen LogP contribution in [0.1, 0.15) is 53.8 Å². The van der Waals surface area contributed by atoms with Crippen molar-refractivity contribution in [2.24, 2.45) is 0 Å². The van der Waals surface area contributed by atoms with E-state index in [2.05, 4.69) is 14.8 Å². The molecule has 0 atom stereocenters. The van der Waals surface area contributed by atoms with Crippen LogP contribution in [0, 0.1) is 0 Å². The average molecular weight is 359 g/mol. The van der Waals surface area contributed by atoms with Gasteiger partial charge in [0, 0.05) is 17.7 Å². The number of ether oxygens (including phenoxy) is 2. The number of hydrogen-bond donors (Lipinski definition) is 0. The molecule has 25 heavy (non-hydrogen) atoms. The van der Waals surface area contributed by atoms with E-state index in [1.54, 1.807) is 30.0 Å². The molecule has 2 aliphatic carbocycles. The molecule has 1 aromatic carbocycles. The third kappa shape index (κ3) is 3.81.